The fraction of sp³-hybridized carbons (Fsp3) is 0.118. The third-order valence-electron chi connectivity index (χ3n) is 3.27. The number of aromatic amines is 1. The van der Waals surface area contributed by atoms with Crippen LogP contribution >= 0.6 is 11.3 Å². The smallest absolute Gasteiger partial charge is 0.276 e. The Hall–Kier alpha value is -2.73. The predicted molar refractivity (Wildman–Crippen MR) is 92.9 cm³/mol. The molecule has 0 atom stereocenters. The summed E-state index contributed by atoms with van der Waals surface area (Å²) >= 11 is 1.65. The molecular formula is C17H16N4OS. The molecule has 2 heterocycles. The average Bonchev–Trinajstić information content (AvgIpc) is 3.18. The quantitative estimate of drug-likeness (QED) is 0.569. The first-order valence-electron chi connectivity index (χ1n) is 7.14. The van der Waals surface area contributed by atoms with Crippen LogP contribution in [0.3, 0.4) is 0 Å². The van der Waals surface area contributed by atoms with Crippen LogP contribution in [0.25, 0.3) is 10.6 Å². The first kappa shape index (κ1) is 15.2. The molecule has 0 radical (unpaired) electrons. The second kappa shape index (κ2) is 6.58. The van der Waals surface area contributed by atoms with Crippen LogP contribution < -0.4 is 5.43 Å². The summed E-state index contributed by atoms with van der Waals surface area (Å²) in [7, 11) is 0. The van der Waals surface area contributed by atoms with E-state index in [4.69, 9.17) is 0 Å². The van der Waals surface area contributed by atoms with Gasteiger partial charge in [0, 0.05) is 4.88 Å². The zero-order chi connectivity index (χ0) is 16.2. The molecule has 3 rings (SSSR count). The van der Waals surface area contributed by atoms with Crippen LogP contribution in [-0.2, 0) is 0 Å². The number of benzene rings is 1. The van der Waals surface area contributed by atoms with Crippen molar-refractivity contribution in [2.45, 2.75) is 13.8 Å². The number of nitrogens with zero attached hydrogens (tertiary/aromatic N) is 2. The van der Waals surface area contributed by atoms with Crippen molar-refractivity contribution >= 4 is 23.5 Å². The summed E-state index contributed by atoms with van der Waals surface area (Å²) in [5.74, 6) is -0.343. The molecule has 2 N–H and O–H groups in total. The first-order valence-corrected chi connectivity index (χ1v) is 7.96. The average molecular weight is 324 g/mol. The van der Waals surface area contributed by atoms with Crippen LogP contribution in [0.15, 0.2) is 47.6 Å². The third kappa shape index (κ3) is 3.73. The van der Waals surface area contributed by atoms with Gasteiger partial charge in [-0.1, -0.05) is 29.8 Å². The first-order chi connectivity index (χ1) is 11.1. The Morgan fingerprint density at radius 2 is 2.00 bits per heavy atom. The van der Waals surface area contributed by atoms with Crippen LogP contribution in [0.2, 0.25) is 0 Å². The second-order valence-corrected chi connectivity index (χ2v) is 6.47. The highest BCUT2D eigenvalue weighted by Crippen LogP contribution is 2.26. The number of aryl methyl sites for hydroxylation is 2. The van der Waals surface area contributed by atoms with E-state index in [-0.39, 0.29) is 5.91 Å². The van der Waals surface area contributed by atoms with Crippen molar-refractivity contribution in [2.75, 3.05) is 0 Å². The van der Waals surface area contributed by atoms with Gasteiger partial charge in [0.05, 0.1) is 16.8 Å². The summed E-state index contributed by atoms with van der Waals surface area (Å²) in [6.07, 6.45) is 1.60. The van der Waals surface area contributed by atoms with Crippen molar-refractivity contribution in [1.29, 1.82) is 0 Å². The van der Waals surface area contributed by atoms with E-state index in [1.807, 2.05) is 50.2 Å². The molecule has 0 fully saturated rings. The molecule has 116 valence electrons. The van der Waals surface area contributed by atoms with Gasteiger partial charge in [0.1, 0.15) is 0 Å². The third-order valence-corrected chi connectivity index (χ3v) is 4.31. The van der Waals surface area contributed by atoms with Gasteiger partial charge >= 0.3 is 0 Å². The standard InChI is InChI=1S/C17H16N4OS/c1-11-3-6-13(7-4-11)10-18-21-17(22)15-9-14(19-20-15)16-8-5-12(2)23-16/h3-10H,1-2H3,(H,19,20)(H,21,22)/b18-10-. The molecule has 1 aromatic carbocycles. The predicted octanol–water partition coefficient (Wildman–Crippen LogP) is 3.52. The van der Waals surface area contributed by atoms with E-state index >= 15 is 0 Å². The molecule has 0 aliphatic rings. The Morgan fingerprint density at radius 3 is 2.70 bits per heavy atom. The number of nitrogens with one attached hydrogen (secondary N) is 2. The van der Waals surface area contributed by atoms with E-state index in [1.165, 1.54) is 10.4 Å². The lowest BCUT2D eigenvalue weighted by Gasteiger charge is -1.96. The number of H-pyrrole nitrogens is 1. The number of carbonyl (C=O) groups is 1. The highest BCUT2D eigenvalue weighted by molar-refractivity contribution is 7.15. The maximum absolute atomic E-state index is 12.0. The molecule has 1 amide bonds. The van der Waals surface area contributed by atoms with Crippen molar-refractivity contribution in [1.82, 2.24) is 15.6 Å². The molecule has 0 bridgehead atoms. The minimum Gasteiger partial charge on any atom is -0.276 e. The van der Waals surface area contributed by atoms with Gasteiger partial charge in [-0.25, -0.2) is 5.43 Å². The van der Waals surface area contributed by atoms with E-state index in [1.54, 1.807) is 23.6 Å². The van der Waals surface area contributed by atoms with Crippen LogP contribution in [0.1, 0.15) is 26.5 Å². The van der Waals surface area contributed by atoms with Gasteiger partial charge < -0.3 is 0 Å². The lowest BCUT2D eigenvalue weighted by atomic mass is 10.2. The monoisotopic (exact) mass is 324 g/mol. The summed E-state index contributed by atoms with van der Waals surface area (Å²) in [6.45, 7) is 4.06. The topological polar surface area (TPSA) is 70.1 Å². The lowest BCUT2D eigenvalue weighted by Crippen LogP contribution is -2.17. The van der Waals surface area contributed by atoms with Crippen LogP contribution in [0, 0.1) is 13.8 Å². The van der Waals surface area contributed by atoms with Crippen molar-refractivity contribution < 1.29 is 4.79 Å². The van der Waals surface area contributed by atoms with E-state index in [0.717, 1.165) is 16.1 Å². The van der Waals surface area contributed by atoms with Gasteiger partial charge in [0.2, 0.25) is 0 Å². The maximum Gasteiger partial charge on any atom is 0.291 e. The van der Waals surface area contributed by atoms with Gasteiger partial charge in [-0.15, -0.1) is 11.3 Å². The SMILES string of the molecule is Cc1ccc(/C=N\NC(=O)c2cc(-c3ccc(C)s3)[nH]n2)cc1. The molecular weight excluding hydrogens is 308 g/mol. The molecule has 0 saturated heterocycles. The zero-order valence-electron chi connectivity index (χ0n) is 12.8. The van der Waals surface area contributed by atoms with Crippen molar-refractivity contribution in [3.05, 3.63) is 64.2 Å². The Bertz CT molecular complexity index is 846. The minimum absolute atomic E-state index is 0.312. The van der Waals surface area contributed by atoms with Gasteiger partial charge in [-0.2, -0.15) is 10.2 Å². The summed E-state index contributed by atoms with van der Waals surface area (Å²) in [5, 5.41) is 10.9. The van der Waals surface area contributed by atoms with Gasteiger partial charge in [0.15, 0.2) is 5.69 Å². The number of thiophene rings is 1. The lowest BCUT2D eigenvalue weighted by molar-refractivity contribution is 0.0950. The normalized spacial score (nSPS) is 11.0. The molecule has 3 aromatic rings. The van der Waals surface area contributed by atoms with E-state index in [2.05, 4.69) is 20.7 Å². The van der Waals surface area contributed by atoms with Crippen molar-refractivity contribution in [3.63, 3.8) is 0 Å². The van der Waals surface area contributed by atoms with Gasteiger partial charge in [-0.3, -0.25) is 9.89 Å². The fourth-order valence-electron chi connectivity index (χ4n) is 2.02. The Kier molecular flexibility index (Phi) is 4.34. The number of amides is 1. The van der Waals surface area contributed by atoms with Crippen molar-refractivity contribution in [3.8, 4) is 10.6 Å². The number of hydrogen-bond acceptors (Lipinski definition) is 4. The van der Waals surface area contributed by atoms with Crippen LogP contribution in [-0.4, -0.2) is 22.3 Å². The van der Waals surface area contributed by atoms with Gasteiger partial charge in [0.25, 0.3) is 5.91 Å². The number of hydrogen-bond donors (Lipinski definition) is 2. The number of aromatic nitrogens is 2. The fourth-order valence-corrected chi connectivity index (χ4v) is 2.85. The molecule has 2 aromatic heterocycles. The Labute approximate surface area is 138 Å². The second-order valence-electron chi connectivity index (χ2n) is 5.19. The summed E-state index contributed by atoms with van der Waals surface area (Å²) < 4.78 is 0. The van der Waals surface area contributed by atoms with Gasteiger partial charge in [-0.05, 0) is 37.6 Å². The summed E-state index contributed by atoms with van der Waals surface area (Å²) in [4.78, 5) is 14.3. The highest BCUT2D eigenvalue weighted by atomic mass is 32.1. The Balaban J connectivity index is 1.64. The maximum atomic E-state index is 12.0. The molecule has 0 saturated carbocycles. The molecule has 5 nitrogen and oxygen atoms in total. The molecule has 0 aliphatic carbocycles. The van der Waals surface area contributed by atoms with E-state index < -0.39 is 0 Å². The summed E-state index contributed by atoms with van der Waals surface area (Å²) in [6, 6.07) is 13.6. The molecule has 23 heavy (non-hydrogen) atoms. The van der Waals surface area contributed by atoms with Crippen LogP contribution in [0.5, 0.6) is 0 Å². The molecule has 0 unspecified atom stereocenters. The Morgan fingerprint density at radius 1 is 1.22 bits per heavy atom. The van der Waals surface area contributed by atoms with Crippen molar-refractivity contribution in [2.24, 2.45) is 5.10 Å². The minimum atomic E-state index is -0.343. The van der Waals surface area contributed by atoms with Crippen LogP contribution in [0.4, 0.5) is 0 Å². The molecule has 6 heteroatoms. The molecule has 0 spiro atoms. The van der Waals surface area contributed by atoms with E-state index in [9.17, 15) is 4.79 Å². The highest BCUT2D eigenvalue weighted by Gasteiger charge is 2.11. The molecule has 0 aliphatic heterocycles. The summed E-state index contributed by atoms with van der Waals surface area (Å²) in [5.41, 5.74) is 5.73. The largest absolute Gasteiger partial charge is 0.291 e. The number of rotatable bonds is 4. The number of hydrazone groups is 1. The zero-order valence-corrected chi connectivity index (χ0v) is 13.6. The van der Waals surface area contributed by atoms with E-state index in [0.29, 0.717) is 5.69 Å². The number of carbonyl (C=O) groups excluding carboxylic acids is 1.